The summed E-state index contributed by atoms with van der Waals surface area (Å²) in [4.78, 5) is 12.4. The topological polar surface area (TPSA) is 49.3 Å². The number of aliphatic hydroxyl groups excluding tert-OH is 1. The molecule has 3 heteroatoms. The van der Waals surface area contributed by atoms with E-state index < -0.39 is 5.41 Å². The highest BCUT2D eigenvalue weighted by Gasteiger charge is 2.29. The molecule has 0 saturated heterocycles. The third-order valence-corrected chi connectivity index (χ3v) is 3.69. The first kappa shape index (κ1) is 15.3. The number of nitrogens with one attached hydrogen (secondary N) is 1. The second kappa shape index (κ2) is 6.55. The lowest BCUT2D eigenvalue weighted by Crippen LogP contribution is -2.39. The van der Waals surface area contributed by atoms with Crippen molar-refractivity contribution < 1.29 is 9.90 Å². The van der Waals surface area contributed by atoms with Gasteiger partial charge in [-0.1, -0.05) is 54.6 Å². The van der Waals surface area contributed by atoms with E-state index in [1.54, 1.807) is 0 Å². The molecule has 0 aliphatic rings. The summed E-state index contributed by atoms with van der Waals surface area (Å²) in [6.45, 7) is 4.31. The minimum Gasteiger partial charge on any atom is -0.392 e. The van der Waals surface area contributed by atoms with Crippen molar-refractivity contribution in [2.75, 3.05) is 0 Å². The molecule has 110 valence electrons. The van der Waals surface area contributed by atoms with Crippen molar-refractivity contribution in [3.8, 4) is 0 Å². The lowest BCUT2D eigenvalue weighted by atomic mass is 9.84. The zero-order chi connectivity index (χ0) is 15.3. The van der Waals surface area contributed by atoms with Crippen LogP contribution < -0.4 is 5.32 Å². The van der Waals surface area contributed by atoms with Crippen LogP contribution in [0.25, 0.3) is 0 Å². The molecule has 2 rings (SSSR count). The average molecular weight is 283 g/mol. The zero-order valence-corrected chi connectivity index (χ0v) is 12.5. The highest BCUT2D eigenvalue weighted by atomic mass is 16.3. The van der Waals surface area contributed by atoms with Crippen molar-refractivity contribution in [3.63, 3.8) is 0 Å². The number of benzene rings is 2. The van der Waals surface area contributed by atoms with E-state index in [2.05, 4.69) is 5.32 Å². The third-order valence-electron chi connectivity index (χ3n) is 3.69. The van der Waals surface area contributed by atoms with E-state index >= 15 is 0 Å². The summed E-state index contributed by atoms with van der Waals surface area (Å²) in [5.41, 5.74) is 2.25. The van der Waals surface area contributed by atoms with Gasteiger partial charge in [-0.25, -0.2) is 0 Å². The molecule has 0 heterocycles. The fourth-order valence-electron chi connectivity index (χ4n) is 2.23. The summed E-state index contributed by atoms with van der Waals surface area (Å²) in [5.74, 6) is -0.0110. The van der Waals surface area contributed by atoms with Crippen LogP contribution in [0.3, 0.4) is 0 Å². The number of aliphatic hydroxyl groups is 1. The lowest BCUT2D eigenvalue weighted by molar-refractivity contribution is -0.125. The maximum atomic E-state index is 12.4. The molecular weight excluding hydrogens is 262 g/mol. The monoisotopic (exact) mass is 283 g/mol. The van der Waals surface area contributed by atoms with Gasteiger partial charge in [0.1, 0.15) is 0 Å². The molecule has 0 aliphatic carbocycles. The predicted octanol–water partition coefficient (Wildman–Crippen LogP) is 2.77. The summed E-state index contributed by atoms with van der Waals surface area (Å²) < 4.78 is 0. The Kier molecular flexibility index (Phi) is 4.76. The molecule has 1 amide bonds. The van der Waals surface area contributed by atoms with Gasteiger partial charge in [-0.2, -0.15) is 0 Å². The summed E-state index contributed by atoms with van der Waals surface area (Å²) in [7, 11) is 0. The largest absolute Gasteiger partial charge is 0.392 e. The number of carbonyl (C=O) groups excluding carboxylic acids is 1. The second-order valence-electron chi connectivity index (χ2n) is 5.65. The molecule has 0 aliphatic heterocycles. The molecule has 3 nitrogen and oxygen atoms in total. The van der Waals surface area contributed by atoms with E-state index in [9.17, 15) is 4.79 Å². The summed E-state index contributed by atoms with van der Waals surface area (Å²) in [6.07, 6.45) is 0. The number of rotatable bonds is 5. The van der Waals surface area contributed by atoms with Gasteiger partial charge in [0, 0.05) is 6.54 Å². The molecule has 0 radical (unpaired) electrons. The molecule has 0 unspecified atom stereocenters. The van der Waals surface area contributed by atoms with Gasteiger partial charge < -0.3 is 10.4 Å². The normalized spacial score (nSPS) is 11.2. The Morgan fingerprint density at radius 2 is 1.71 bits per heavy atom. The van der Waals surface area contributed by atoms with Gasteiger partial charge in [0.15, 0.2) is 0 Å². The fourth-order valence-corrected chi connectivity index (χ4v) is 2.23. The maximum Gasteiger partial charge on any atom is 0.230 e. The third kappa shape index (κ3) is 3.70. The maximum absolute atomic E-state index is 12.4. The summed E-state index contributed by atoms with van der Waals surface area (Å²) >= 11 is 0. The molecule has 0 saturated carbocycles. The fraction of sp³-hybridized carbons (Fsp3) is 0.278. The van der Waals surface area contributed by atoms with E-state index in [1.807, 2.05) is 68.4 Å². The Bertz CT molecular complexity index is 606. The number of carbonyl (C=O) groups is 1. The minimum absolute atomic E-state index is 0.0110. The molecule has 0 aromatic heterocycles. The van der Waals surface area contributed by atoms with Crippen LogP contribution in [0.1, 0.15) is 30.5 Å². The first-order chi connectivity index (χ1) is 10.0. The van der Waals surface area contributed by atoms with Crippen LogP contribution in [0.2, 0.25) is 0 Å². The van der Waals surface area contributed by atoms with E-state index in [1.165, 1.54) is 0 Å². The molecule has 0 fully saturated rings. The van der Waals surface area contributed by atoms with Gasteiger partial charge in [-0.15, -0.1) is 0 Å². The zero-order valence-electron chi connectivity index (χ0n) is 12.5. The van der Waals surface area contributed by atoms with Crippen molar-refractivity contribution >= 4 is 5.91 Å². The van der Waals surface area contributed by atoms with E-state index in [0.29, 0.717) is 6.54 Å². The van der Waals surface area contributed by atoms with Gasteiger partial charge in [0.05, 0.1) is 12.0 Å². The number of amides is 1. The van der Waals surface area contributed by atoms with Gasteiger partial charge >= 0.3 is 0 Å². The van der Waals surface area contributed by atoms with Crippen LogP contribution in [0.5, 0.6) is 0 Å². The Morgan fingerprint density at radius 1 is 1.05 bits per heavy atom. The lowest BCUT2D eigenvalue weighted by Gasteiger charge is -2.24. The Morgan fingerprint density at radius 3 is 2.38 bits per heavy atom. The number of hydrogen-bond donors (Lipinski definition) is 2. The molecule has 21 heavy (non-hydrogen) atoms. The van der Waals surface area contributed by atoms with Crippen LogP contribution in [-0.2, 0) is 23.4 Å². The molecule has 2 N–H and O–H groups in total. The first-order valence-corrected chi connectivity index (χ1v) is 7.06. The van der Waals surface area contributed by atoms with Gasteiger partial charge in [-0.05, 0) is 30.5 Å². The van der Waals surface area contributed by atoms with Crippen LogP contribution >= 0.6 is 0 Å². The Hall–Kier alpha value is -2.13. The molecule has 0 spiro atoms. The van der Waals surface area contributed by atoms with E-state index in [0.717, 1.165) is 16.7 Å². The summed E-state index contributed by atoms with van der Waals surface area (Å²) in [5, 5.41) is 12.1. The Labute approximate surface area is 125 Å². The molecular formula is C18H21NO2. The van der Waals surface area contributed by atoms with Gasteiger partial charge in [0.2, 0.25) is 5.91 Å². The molecule has 2 aromatic rings. The average Bonchev–Trinajstić information content (AvgIpc) is 2.53. The predicted molar refractivity (Wildman–Crippen MR) is 83.7 cm³/mol. The SMILES string of the molecule is CC(C)(C(=O)NCc1cccc(CO)c1)c1ccccc1. The van der Waals surface area contributed by atoms with Crippen LogP contribution in [-0.4, -0.2) is 11.0 Å². The highest BCUT2D eigenvalue weighted by molar-refractivity contribution is 5.87. The van der Waals surface area contributed by atoms with Gasteiger partial charge in [0.25, 0.3) is 0 Å². The van der Waals surface area contributed by atoms with E-state index in [4.69, 9.17) is 5.11 Å². The number of hydrogen-bond acceptors (Lipinski definition) is 2. The highest BCUT2D eigenvalue weighted by Crippen LogP contribution is 2.23. The molecule has 2 aromatic carbocycles. The minimum atomic E-state index is -0.574. The molecule has 0 atom stereocenters. The van der Waals surface area contributed by atoms with Crippen molar-refractivity contribution in [3.05, 3.63) is 71.3 Å². The van der Waals surface area contributed by atoms with Crippen molar-refractivity contribution in [1.82, 2.24) is 5.32 Å². The van der Waals surface area contributed by atoms with Gasteiger partial charge in [-0.3, -0.25) is 4.79 Å². The quantitative estimate of drug-likeness (QED) is 0.886. The van der Waals surface area contributed by atoms with Crippen LogP contribution in [0, 0.1) is 0 Å². The van der Waals surface area contributed by atoms with E-state index in [-0.39, 0.29) is 12.5 Å². The van der Waals surface area contributed by atoms with Crippen molar-refractivity contribution in [2.45, 2.75) is 32.4 Å². The second-order valence-corrected chi connectivity index (χ2v) is 5.65. The summed E-state index contributed by atoms with van der Waals surface area (Å²) in [6, 6.07) is 17.3. The van der Waals surface area contributed by atoms with Crippen LogP contribution in [0.4, 0.5) is 0 Å². The van der Waals surface area contributed by atoms with Crippen LogP contribution in [0.15, 0.2) is 54.6 Å². The van der Waals surface area contributed by atoms with Crippen molar-refractivity contribution in [1.29, 1.82) is 0 Å². The van der Waals surface area contributed by atoms with Crippen molar-refractivity contribution in [2.24, 2.45) is 0 Å². The molecule has 0 bridgehead atoms. The first-order valence-electron chi connectivity index (χ1n) is 7.06. The Balaban J connectivity index is 2.04. The standard InChI is InChI=1S/C18H21NO2/c1-18(2,16-9-4-3-5-10-16)17(21)19-12-14-7-6-8-15(11-14)13-20/h3-11,20H,12-13H2,1-2H3,(H,19,21). The smallest absolute Gasteiger partial charge is 0.230 e.